The van der Waals surface area contributed by atoms with E-state index in [0.29, 0.717) is 0 Å². The van der Waals surface area contributed by atoms with Crippen LogP contribution in [0.4, 0.5) is 0 Å². The molecule has 0 N–H and O–H groups in total. The number of hydrogen-bond donors (Lipinski definition) is 0. The summed E-state index contributed by atoms with van der Waals surface area (Å²) in [4.78, 5) is 10.8. The van der Waals surface area contributed by atoms with E-state index in [1.165, 1.54) is 36.8 Å². The predicted molar refractivity (Wildman–Crippen MR) is 62.8 cm³/mol. The molecule has 1 aliphatic carbocycles. The Hall–Kier alpha value is -1.37. The van der Waals surface area contributed by atoms with E-state index in [1.807, 2.05) is 6.08 Å². The van der Waals surface area contributed by atoms with E-state index < -0.39 is 0 Å². The number of ketones is 1. The van der Waals surface area contributed by atoms with Crippen LogP contribution in [-0.4, -0.2) is 5.78 Å². The average Bonchev–Trinajstić information content (AvgIpc) is 2.26. The molecule has 1 aromatic carbocycles. The molecule has 0 heterocycles. The molecule has 0 spiro atoms. The van der Waals surface area contributed by atoms with Crippen molar-refractivity contribution in [3.05, 3.63) is 41.0 Å². The van der Waals surface area contributed by atoms with E-state index >= 15 is 0 Å². The van der Waals surface area contributed by atoms with Crippen molar-refractivity contribution in [3.63, 3.8) is 0 Å². The highest BCUT2D eigenvalue weighted by Crippen LogP contribution is 2.22. The number of rotatable bonds is 2. The molecule has 0 saturated heterocycles. The number of benzene rings is 1. The second-order valence-corrected chi connectivity index (χ2v) is 4.18. The van der Waals surface area contributed by atoms with Crippen molar-refractivity contribution in [2.24, 2.45) is 0 Å². The summed E-state index contributed by atoms with van der Waals surface area (Å²) in [6.07, 6.45) is 8.55. The topological polar surface area (TPSA) is 17.1 Å². The quantitative estimate of drug-likeness (QED) is 0.670. The maximum atomic E-state index is 10.8. The Labute approximate surface area is 90.8 Å². The van der Waals surface area contributed by atoms with Crippen LogP contribution in [0.1, 0.15) is 36.5 Å². The van der Waals surface area contributed by atoms with E-state index in [0.717, 1.165) is 5.56 Å². The van der Waals surface area contributed by atoms with Crippen molar-refractivity contribution in [2.75, 3.05) is 0 Å². The lowest BCUT2D eigenvalue weighted by Gasteiger charge is -2.15. The van der Waals surface area contributed by atoms with Crippen LogP contribution in [0.25, 0.3) is 6.08 Å². The van der Waals surface area contributed by atoms with Gasteiger partial charge in [-0.2, -0.15) is 0 Å². The smallest absolute Gasteiger partial charge is 0.152 e. The standard InChI is InChI=1S/C14H16O/c1-11(15)6-7-12-8-9-13-4-2-3-5-14(13)10-12/h6-10H,2-5H2,1H3. The molecule has 0 bridgehead atoms. The van der Waals surface area contributed by atoms with Gasteiger partial charge in [0.1, 0.15) is 0 Å². The van der Waals surface area contributed by atoms with Gasteiger partial charge in [0.25, 0.3) is 0 Å². The fourth-order valence-electron chi connectivity index (χ4n) is 2.07. The Morgan fingerprint density at radius 3 is 2.67 bits per heavy atom. The van der Waals surface area contributed by atoms with Gasteiger partial charge in [-0.05, 0) is 55.4 Å². The molecule has 0 saturated carbocycles. The minimum absolute atomic E-state index is 0.104. The van der Waals surface area contributed by atoms with Gasteiger partial charge in [0.05, 0.1) is 0 Å². The monoisotopic (exact) mass is 200 g/mol. The first-order valence-electron chi connectivity index (χ1n) is 5.56. The summed E-state index contributed by atoms with van der Waals surface area (Å²) < 4.78 is 0. The number of hydrogen-bond acceptors (Lipinski definition) is 1. The third-order valence-corrected chi connectivity index (χ3v) is 2.88. The third kappa shape index (κ3) is 2.56. The zero-order chi connectivity index (χ0) is 10.7. The molecule has 1 aliphatic rings. The molecule has 1 aromatic rings. The van der Waals surface area contributed by atoms with Gasteiger partial charge in [0, 0.05) is 0 Å². The van der Waals surface area contributed by atoms with Crippen molar-refractivity contribution < 1.29 is 4.79 Å². The molecule has 0 aromatic heterocycles. The van der Waals surface area contributed by atoms with Crippen LogP contribution in [0.2, 0.25) is 0 Å². The van der Waals surface area contributed by atoms with Crippen molar-refractivity contribution in [2.45, 2.75) is 32.6 Å². The van der Waals surface area contributed by atoms with E-state index in [1.54, 1.807) is 13.0 Å². The Kier molecular flexibility index (Phi) is 3.00. The van der Waals surface area contributed by atoms with Gasteiger partial charge in [-0.3, -0.25) is 4.79 Å². The molecular formula is C14H16O. The largest absolute Gasteiger partial charge is 0.295 e. The zero-order valence-electron chi connectivity index (χ0n) is 9.12. The lowest BCUT2D eigenvalue weighted by Crippen LogP contribution is -2.02. The molecule has 0 amide bonds. The summed E-state index contributed by atoms with van der Waals surface area (Å²) in [5.74, 6) is 0.104. The van der Waals surface area contributed by atoms with Crippen molar-refractivity contribution in [3.8, 4) is 0 Å². The zero-order valence-corrected chi connectivity index (χ0v) is 9.12. The maximum absolute atomic E-state index is 10.8. The molecule has 1 nitrogen and oxygen atoms in total. The Morgan fingerprint density at radius 1 is 1.20 bits per heavy atom. The Balaban J connectivity index is 2.24. The molecule has 0 unspecified atom stereocenters. The molecule has 15 heavy (non-hydrogen) atoms. The molecule has 78 valence electrons. The van der Waals surface area contributed by atoms with Crippen molar-refractivity contribution >= 4 is 11.9 Å². The average molecular weight is 200 g/mol. The van der Waals surface area contributed by atoms with Gasteiger partial charge < -0.3 is 0 Å². The third-order valence-electron chi connectivity index (χ3n) is 2.88. The van der Waals surface area contributed by atoms with Crippen LogP contribution in [0.15, 0.2) is 24.3 Å². The van der Waals surface area contributed by atoms with E-state index in [9.17, 15) is 4.79 Å². The minimum Gasteiger partial charge on any atom is -0.295 e. The highest BCUT2D eigenvalue weighted by atomic mass is 16.1. The number of aryl methyl sites for hydroxylation is 2. The van der Waals surface area contributed by atoms with Gasteiger partial charge in [-0.25, -0.2) is 0 Å². The molecule has 0 fully saturated rings. The van der Waals surface area contributed by atoms with Crippen LogP contribution < -0.4 is 0 Å². The van der Waals surface area contributed by atoms with Crippen LogP contribution in [0.3, 0.4) is 0 Å². The SMILES string of the molecule is CC(=O)C=Cc1ccc2c(c1)CCCC2. The lowest BCUT2D eigenvalue weighted by molar-refractivity contribution is -0.112. The second-order valence-electron chi connectivity index (χ2n) is 4.18. The first-order valence-corrected chi connectivity index (χ1v) is 5.56. The summed E-state index contributed by atoms with van der Waals surface area (Å²) in [7, 11) is 0. The number of allylic oxidation sites excluding steroid dienone is 1. The van der Waals surface area contributed by atoms with Crippen LogP contribution in [0, 0.1) is 0 Å². The fraction of sp³-hybridized carbons (Fsp3) is 0.357. The van der Waals surface area contributed by atoms with Crippen LogP contribution in [0.5, 0.6) is 0 Å². The lowest BCUT2D eigenvalue weighted by atomic mass is 9.90. The Morgan fingerprint density at radius 2 is 1.93 bits per heavy atom. The number of carbonyl (C=O) groups excluding carboxylic acids is 1. The van der Waals surface area contributed by atoms with Crippen molar-refractivity contribution in [1.29, 1.82) is 0 Å². The second kappa shape index (κ2) is 4.43. The van der Waals surface area contributed by atoms with Gasteiger partial charge in [0.2, 0.25) is 0 Å². The van der Waals surface area contributed by atoms with Gasteiger partial charge in [-0.15, -0.1) is 0 Å². The van der Waals surface area contributed by atoms with Crippen LogP contribution >= 0.6 is 0 Å². The first-order chi connectivity index (χ1) is 7.25. The molecule has 0 radical (unpaired) electrons. The summed E-state index contributed by atoms with van der Waals surface area (Å²) in [5, 5.41) is 0. The summed E-state index contributed by atoms with van der Waals surface area (Å²) in [6, 6.07) is 6.52. The van der Waals surface area contributed by atoms with E-state index in [2.05, 4.69) is 18.2 Å². The molecule has 0 aliphatic heterocycles. The Bertz CT molecular complexity index is 402. The summed E-state index contributed by atoms with van der Waals surface area (Å²) in [6.45, 7) is 1.58. The molecule has 1 heteroatoms. The minimum atomic E-state index is 0.104. The summed E-state index contributed by atoms with van der Waals surface area (Å²) >= 11 is 0. The normalized spacial score (nSPS) is 15.3. The van der Waals surface area contributed by atoms with Crippen LogP contribution in [-0.2, 0) is 17.6 Å². The van der Waals surface area contributed by atoms with Gasteiger partial charge >= 0.3 is 0 Å². The predicted octanol–water partition coefficient (Wildman–Crippen LogP) is 3.17. The van der Waals surface area contributed by atoms with Crippen molar-refractivity contribution in [1.82, 2.24) is 0 Å². The van der Waals surface area contributed by atoms with Gasteiger partial charge in [-0.1, -0.05) is 24.3 Å². The highest BCUT2D eigenvalue weighted by Gasteiger charge is 2.08. The first kappa shape index (κ1) is 10.2. The molecule has 2 rings (SSSR count). The highest BCUT2D eigenvalue weighted by molar-refractivity contribution is 5.91. The summed E-state index contributed by atoms with van der Waals surface area (Å²) in [5.41, 5.74) is 4.10. The molecule has 0 atom stereocenters. The fourth-order valence-corrected chi connectivity index (χ4v) is 2.07. The molecular weight excluding hydrogens is 184 g/mol. The van der Waals surface area contributed by atoms with E-state index in [-0.39, 0.29) is 5.78 Å². The maximum Gasteiger partial charge on any atom is 0.152 e. The number of carbonyl (C=O) groups is 1. The number of fused-ring (bicyclic) bond motifs is 1. The van der Waals surface area contributed by atoms with Gasteiger partial charge in [0.15, 0.2) is 5.78 Å². The van der Waals surface area contributed by atoms with E-state index in [4.69, 9.17) is 0 Å².